The minimum Gasteiger partial charge on any atom is -0.298 e. The van der Waals surface area contributed by atoms with Crippen LogP contribution in [0.5, 0.6) is 0 Å². The molecule has 92 valence electrons. The summed E-state index contributed by atoms with van der Waals surface area (Å²) in [7, 11) is 0. The van der Waals surface area contributed by atoms with Crippen molar-refractivity contribution in [1.82, 2.24) is 4.90 Å². The molecule has 1 aromatic rings. The Bertz CT molecular complexity index is 297. The molecule has 0 aliphatic heterocycles. The van der Waals surface area contributed by atoms with E-state index >= 15 is 0 Å². The maximum atomic E-state index is 3.52. The summed E-state index contributed by atoms with van der Waals surface area (Å²) in [4.78, 5) is 4.02. The summed E-state index contributed by atoms with van der Waals surface area (Å²) < 4.78 is 1.23. The molecule has 0 radical (unpaired) electrons. The monoisotopic (exact) mass is 303 g/mol. The van der Waals surface area contributed by atoms with E-state index in [0.29, 0.717) is 0 Å². The number of thiophene rings is 1. The molecule has 1 aromatic heterocycles. The predicted octanol–water partition coefficient (Wildman–Crippen LogP) is 4.62. The van der Waals surface area contributed by atoms with E-state index in [1.165, 1.54) is 21.8 Å². The van der Waals surface area contributed by atoms with Crippen molar-refractivity contribution in [3.05, 3.63) is 20.8 Å². The third kappa shape index (κ3) is 5.46. The van der Waals surface area contributed by atoms with Gasteiger partial charge in [-0.1, -0.05) is 27.7 Å². The Kier molecular flexibility index (Phi) is 6.01. The Morgan fingerprint density at radius 1 is 1.12 bits per heavy atom. The molecule has 1 nitrogen and oxygen atoms in total. The summed E-state index contributed by atoms with van der Waals surface area (Å²) in [6, 6.07) is 4.37. The first-order valence-corrected chi connectivity index (χ1v) is 7.55. The maximum absolute atomic E-state index is 3.52. The average Bonchev–Trinajstić information content (AvgIpc) is 2.48. The van der Waals surface area contributed by atoms with Crippen LogP contribution < -0.4 is 0 Å². The van der Waals surface area contributed by atoms with Crippen molar-refractivity contribution in [2.75, 3.05) is 13.1 Å². The lowest BCUT2D eigenvalue weighted by Gasteiger charge is -2.25. The Morgan fingerprint density at radius 2 is 1.69 bits per heavy atom. The van der Waals surface area contributed by atoms with E-state index in [2.05, 4.69) is 60.7 Å². The van der Waals surface area contributed by atoms with Crippen LogP contribution >= 0.6 is 27.3 Å². The molecule has 0 N–H and O–H groups in total. The van der Waals surface area contributed by atoms with Crippen molar-refractivity contribution in [2.24, 2.45) is 11.8 Å². The molecule has 16 heavy (non-hydrogen) atoms. The van der Waals surface area contributed by atoms with Gasteiger partial charge in [0.25, 0.3) is 0 Å². The van der Waals surface area contributed by atoms with Gasteiger partial charge < -0.3 is 0 Å². The van der Waals surface area contributed by atoms with Crippen LogP contribution in [0.3, 0.4) is 0 Å². The van der Waals surface area contributed by atoms with Crippen LogP contribution in [0.1, 0.15) is 32.6 Å². The van der Waals surface area contributed by atoms with Gasteiger partial charge >= 0.3 is 0 Å². The zero-order valence-electron chi connectivity index (χ0n) is 10.7. The normalized spacial score (nSPS) is 12.0. The zero-order chi connectivity index (χ0) is 12.1. The molecule has 0 saturated heterocycles. The van der Waals surface area contributed by atoms with Gasteiger partial charge in [0.1, 0.15) is 0 Å². The van der Waals surface area contributed by atoms with Crippen LogP contribution in [-0.2, 0) is 6.54 Å². The second kappa shape index (κ2) is 6.77. The van der Waals surface area contributed by atoms with Crippen LogP contribution in [-0.4, -0.2) is 18.0 Å². The smallest absolute Gasteiger partial charge is 0.0701 e. The van der Waals surface area contributed by atoms with E-state index in [-0.39, 0.29) is 0 Å². The van der Waals surface area contributed by atoms with Gasteiger partial charge in [0.05, 0.1) is 3.79 Å². The lowest BCUT2D eigenvalue weighted by Crippen LogP contribution is -2.30. The largest absolute Gasteiger partial charge is 0.298 e. The number of nitrogens with zero attached hydrogens (tertiary/aromatic N) is 1. The van der Waals surface area contributed by atoms with Gasteiger partial charge in [0.15, 0.2) is 0 Å². The fraction of sp³-hybridized carbons (Fsp3) is 0.692. The quantitative estimate of drug-likeness (QED) is 0.741. The van der Waals surface area contributed by atoms with Crippen molar-refractivity contribution in [3.63, 3.8) is 0 Å². The van der Waals surface area contributed by atoms with E-state index in [4.69, 9.17) is 0 Å². The van der Waals surface area contributed by atoms with Crippen molar-refractivity contribution in [2.45, 2.75) is 34.2 Å². The predicted molar refractivity (Wildman–Crippen MR) is 77.0 cm³/mol. The minimum atomic E-state index is 0.738. The molecule has 0 aliphatic carbocycles. The van der Waals surface area contributed by atoms with Crippen LogP contribution in [0.15, 0.2) is 15.9 Å². The first-order chi connectivity index (χ1) is 7.47. The number of hydrogen-bond donors (Lipinski definition) is 0. The molecule has 1 rings (SSSR count). The molecule has 1 heterocycles. The van der Waals surface area contributed by atoms with Gasteiger partial charge in [0, 0.05) is 24.5 Å². The van der Waals surface area contributed by atoms with Crippen molar-refractivity contribution >= 4 is 27.3 Å². The maximum Gasteiger partial charge on any atom is 0.0701 e. The zero-order valence-corrected chi connectivity index (χ0v) is 13.1. The van der Waals surface area contributed by atoms with Crippen molar-refractivity contribution < 1.29 is 0 Å². The fourth-order valence-electron chi connectivity index (χ4n) is 1.89. The van der Waals surface area contributed by atoms with E-state index < -0.39 is 0 Å². The highest BCUT2D eigenvalue weighted by Crippen LogP contribution is 2.23. The van der Waals surface area contributed by atoms with Crippen LogP contribution in [0.25, 0.3) is 0 Å². The topological polar surface area (TPSA) is 3.24 Å². The molecular formula is C13H22BrNS. The second-order valence-electron chi connectivity index (χ2n) is 5.19. The summed E-state index contributed by atoms with van der Waals surface area (Å²) in [5.41, 5.74) is 0. The Balaban J connectivity index is 2.55. The molecule has 0 unspecified atom stereocenters. The lowest BCUT2D eigenvalue weighted by molar-refractivity contribution is 0.213. The third-order valence-corrected chi connectivity index (χ3v) is 3.86. The van der Waals surface area contributed by atoms with Crippen LogP contribution in [0.4, 0.5) is 0 Å². The summed E-state index contributed by atoms with van der Waals surface area (Å²) in [5, 5.41) is 0. The van der Waals surface area contributed by atoms with E-state index in [9.17, 15) is 0 Å². The van der Waals surface area contributed by atoms with Crippen molar-refractivity contribution in [1.29, 1.82) is 0 Å². The molecule has 0 amide bonds. The standard InChI is InChI=1S/C13H22BrNS/c1-10(2)7-15(8-11(3)4)9-12-5-6-13(14)16-12/h5-6,10-11H,7-9H2,1-4H3. The van der Waals surface area contributed by atoms with E-state index in [0.717, 1.165) is 18.4 Å². The molecule has 0 saturated carbocycles. The SMILES string of the molecule is CC(C)CN(Cc1ccc(Br)s1)CC(C)C. The lowest BCUT2D eigenvalue weighted by atomic mass is 10.1. The molecular weight excluding hydrogens is 282 g/mol. The van der Waals surface area contributed by atoms with Crippen molar-refractivity contribution in [3.8, 4) is 0 Å². The summed E-state index contributed by atoms with van der Waals surface area (Å²) in [6.45, 7) is 12.6. The first-order valence-electron chi connectivity index (χ1n) is 5.94. The summed E-state index contributed by atoms with van der Waals surface area (Å²) in [6.07, 6.45) is 0. The van der Waals surface area contributed by atoms with Crippen LogP contribution in [0, 0.1) is 11.8 Å². The average molecular weight is 304 g/mol. The van der Waals surface area contributed by atoms with Gasteiger partial charge in [-0.05, 0) is 39.9 Å². The minimum absolute atomic E-state index is 0.738. The van der Waals surface area contributed by atoms with Gasteiger partial charge in [-0.25, -0.2) is 0 Å². The first kappa shape index (κ1) is 14.2. The molecule has 0 bridgehead atoms. The molecule has 0 atom stereocenters. The Labute approximate surface area is 112 Å². The molecule has 0 spiro atoms. The third-order valence-electron chi connectivity index (χ3n) is 2.25. The summed E-state index contributed by atoms with van der Waals surface area (Å²) >= 11 is 5.37. The number of hydrogen-bond acceptors (Lipinski definition) is 2. The highest BCUT2D eigenvalue weighted by molar-refractivity contribution is 9.11. The van der Waals surface area contributed by atoms with Crippen LogP contribution in [0.2, 0.25) is 0 Å². The molecule has 0 aliphatic rings. The van der Waals surface area contributed by atoms with E-state index in [1.807, 2.05) is 11.3 Å². The second-order valence-corrected chi connectivity index (χ2v) is 7.74. The number of halogens is 1. The van der Waals surface area contributed by atoms with Gasteiger partial charge in [-0.15, -0.1) is 11.3 Å². The highest BCUT2D eigenvalue weighted by Gasteiger charge is 2.11. The molecule has 0 aromatic carbocycles. The Morgan fingerprint density at radius 3 is 2.06 bits per heavy atom. The summed E-state index contributed by atoms with van der Waals surface area (Å²) in [5.74, 6) is 1.48. The van der Waals surface area contributed by atoms with Gasteiger partial charge in [-0.2, -0.15) is 0 Å². The number of rotatable bonds is 6. The highest BCUT2D eigenvalue weighted by atomic mass is 79.9. The Hall–Kier alpha value is 0.140. The molecule has 3 heteroatoms. The fourth-order valence-corrected chi connectivity index (χ4v) is 3.42. The van der Waals surface area contributed by atoms with Gasteiger partial charge in [-0.3, -0.25) is 4.90 Å². The molecule has 0 fully saturated rings. The van der Waals surface area contributed by atoms with Gasteiger partial charge in [0.2, 0.25) is 0 Å². The van der Waals surface area contributed by atoms with E-state index in [1.54, 1.807) is 0 Å².